The first-order valence-electron chi connectivity index (χ1n) is 6.35. The Hall–Kier alpha value is -1.40. The van der Waals surface area contributed by atoms with E-state index in [1.807, 2.05) is 6.92 Å². The predicted molar refractivity (Wildman–Crippen MR) is 73.3 cm³/mol. The Morgan fingerprint density at radius 3 is 2.78 bits per heavy atom. The van der Waals surface area contributed by atoms with E-state index in [4.69, 9.17) is 5.84 Å². The molecule has 100 valence electrons. The van der Waals surface area contributed by atoms with Gasteiger partial charge in [0.1, 0.15) is 18.0 Å². The van der Waals surface area contributed by atoms with Crippen molar-refractivity contribution in [1.82, 2.24) is 14.9 Å². The number of likely N-dealkylation sites (tertiary alicyclic amines) is 1. The van der Waals surface area contributed by atoms with Gasteiger partial charge in [0.15, 0.2) is 0 Å². The highest BCUT2D eigenvalue weighted by molar-refractivity contribution is 5.56. The number of aromatic nitrogens is 2. The summed E-state index contributed by atoms with van der Waals surface area (Å²) in [5.41, 5.74) is 3.56. The lowest BCUT2D eigenvalue weighted by molar-refractivity contribution is 0.206. The van der Waals surface area contributed by atoms with Gasteiger partial charge in [-0.25, -0.2) is 15.8 Å². The second kappa shape index (κ2) is 5.49. The number of nitrogens with one attached hydrogen (secondary N) is 2. The summed E-state index contributed by atoms with van der Waals surface area (Å²) in [6.45, 7) is 6.47. The van der Waals surface area contributed by atoms with Crippen LogP contribution < -0.4 is 16.6 Å². The van der Waals surface area contributed by atoms with Gasteiger partial charge in [0, 0.05) is 18.2 Å². The molecule has 1 saturated heterocycles. The SMILES string of the molecule is Cc1c(NN)ncnc1NC1CCN(C)CC1C. The Bertz CT molecular complexity index is 408. The topological polar surface area (TPSA) is 79.1 Å². The number of nitrogens with two attached hydrogens (primary N) is 1. The molecule has 0 spiro atoms. The molecule has 2 heterocycles. The highest BCUT2D eigenvalue weighted by Crippen LogP contribution is 2.23. The summed E-state index contributed by atoms with van der Waals surface area (Å²) in [4.78, 5) is 10.8. The molecule has 0 amide bonds. The summed E-state index contributed by atoms with van der Waals surface area (Å²) in [5.74, 6) is 7.58. The first kappa shape index (κ1) is 13.0. The van der Waals surface area contributed by atoms with Gasteiger partial charge in [-0.1, -0.05) is 6.92 Å². The third kappa shape index (κ3) is 2.70. The van der Waals surface area contributed by atoms with Crippen LogP contribution in [0.15, 0.2) is 6.33 Å². The highest BCUT2D eigenvalue weighted by Gasteiger charge is 2.24. The van der Waals surface area contributed by atoms with E-state index in [2.05, 4.69) is 39.6 Å². The van der Waals surface area contributed by atoms with Crippen molar-refractivity contribution in [3.63, 3.8) is 0 Å². The molecule has 1 aliphatic heterocycles. The molecule has 6 heteroatoms. The zero-order valence-electron chi connectivity index (χ0n) is 11.3. The normalized spacial score (nSPS) is 24.9. The minimum Gasteiger partial charge on any atom is -0.367 e. The number of rotatable bonds is 3. The second-order valence-electron chi connectivity index (χ2n) is 5.12. The molecule has 1 fully saturated rings. The van der Waals surface area contributed by atoms with E-state index in [-0.39, 0.29) is 0 Å². The third-order valence-corrected chi connectivity index (χ3v) is 3.65. The van der Waals surface area contributed by atoms with Crippen LogP contribution in [0.1, 0.15) is 18.9 Å². The lowest BCUT2D eigenvalue weighted by Gasteiger charge is -2.35. The summed E-state index contributed by atoms with van der Waals surface area (Å²) < 4.78 is 0. The Morgan fingerprint density at radius 1 is 1.39 bits per heavy atom. The third-order valence-electron chi connectivity index (χ3n) is 3.65. The summed E-state index contributed by atoms with van der Waals surface area (Å²) in [6.07, 6.45) is 2.66. The molecule has 1 aliphatic rings. The zero-order chi connectivity index (χ0) is 13.1. The van der Waals surface area contributed by atoms with Crippen molar-refractivity contribution in [2.75, 3.05) is 30.9 Å². The molecule has 2 unspecified atom stereocenters. The number of nitrogens with zero attached hydrogens (tertiary/aromatic N) is 3. The van der Waals surface area contributed by atoms with E-state index in [0.29, 0.717) is 17.8 Å². The summed E-state index contributed by atoms with van der Waals surface area (Å²) in [5, 5.41) is 3.52. The van der Waals surface area contributed by atoms with E-state index in [9.17, 15) is 0 Å². The summed E-state index contributed by atoms with van der Waals surface area (Å²) >= 11 is 0. The maximum absolute atomic E-state index is 5.42. The predicted octanol–water partition coefficient (Wildman–Crippen LogP) is 0.823. The van der Waals surface area contributed by atoms with Gasteiger partial charge in [-0.05, 0) is 32.9 Å². The van der Waals surface area contributed by atoms with Gasteiger partial charge in [-0.2, -0.15) is 0 Å². The van der Waals surface area contributed by atoms with E-state index in [1.165, 1.54) is 6.33 Å². The van der Waals surface area contributed by atoms with Gasteiger partial charge in [0.05, 0.1) is 0 Å². The number of hydrazine groups is 1. The molecular formula is C12H22N6. The molecule has 0 aromatic carbocycles. The molecule has 0 bridgehead atoms. The fourth-order valence-electron chi connectivity index (χ4n) is 2.49. The van der Waals surface area contributed by atoms with E-state index in [0.717, 1.165) is 30.9 Å². The van der Waals surface area contributed by atoms with Crippen molar-refractivity contribution in [2.24, 2.45) is 11.8 Å². The quantitative estimate of drug-likeness (QED) is 0.544. The van der Waals surface area contributed by atoms with Crippen LogP contribution in [0, 0.1) is 12.8 Å². The molecule has 1 aromatic rings. The Morgan fingerprint density at radius 2 is 2.11 bits per heavy atom. The molecule has 1 aromatic heterocycles. The molecule has 6 nitrogen and oxygen atoms in total. The second-order valence-corrected chi connectivity index (χ2v) is 5.12. The molecular weight excluding hydrogens is 228 g/mol. The number of hydrogen-bond donors (Lipinski definition) is 3. The van der Waals surface area contributed by atoms with E-state index >= 15 is 0 Å². The van der Waals surface area contributed by atoms with Gasteiger partial charge < -0.3 is 15.6 Å². The number of nitrogen functional groups attached to an aromatic ring is 1. The maximum atomic E-state index is 5.42. The number of anilines is 2. The minimum absolute atomic E-state index is 0.459. The summed E-state index contributed by atoms with van der Waals surface area (Å²) in [7, 11) is 2.17. The van der Waals surface area contributed by atoms with Crippen LogP contribution in [0.25, 0.3) is 0 Å². The van der Waals surface area contributed by atoms with Crippen molar-refractivity contribution >= 4 is 11.6 Å². The van der Waals surface area contributed by atoms with Crippen molar-refractivity contribution in [3.8, 4) is 0 Å². The van der Waals surface area contributed by atoms with Crippen LogP contribution in [-0.2, 0) is 0 Å². The molecule has 4 N–H and O–H groups in total. The van der Waals surface area contributed by atoms with Crippen LogP contribution in [0.3, 0.4) is 0 Å². The summed E-state index contributed by atoms with van der Waals surface area (Å²) in [6, 6.07) is 0.459. The molecule has 18 heavy (non-hydrogen) atoms. The van der Waals surface area contributed by atoms with Crippen LogP contribution in [0.5, 0.6) is 0 Å². The minimum atomic E-state index is 0.459. The number of piperidine rings is 1. The molecule has 2 rings (SSSR count). The average molecular weight is 250 g/mol. The lowest BCUT2D eigenvalue weighted by atomic mass is 9.94. The first-order valence-corrected chi connectivity index (χ1v) is 6.35. The standard InChI is InChI=1S/C12H22N6/c1-8-6-18(3)5-4-10(8)16-11-9(2)12(17-13)15-7-14-11/h7-8,10H,4-6,13H2,1-3H3,(H2,14,15,16,17). The van der Waals surface area contributed by atoms with Crippen LogP contribution in [-0.4, -0.2) is 41.0 Å². The van der Waals surface area contributed by atoms with Crippen molar-refractivity contribution in [2.45, 2.75) is 26.3 Å². The highest BCUT2D eigenvalue weighted by atomic mass is 15.3. The fraction of sp³-hybridized carbons (Fsp3) is 0.667. The fourth-order valence-corrected chi connectivity index (χ4v) is 2.49. The van der Waals surface area contributed by atoms with Crippen LogP contribution in [0.2, 0.25) is 0 Å². The largest absolute Gasteiger partial charge is 0.367 e. The van der Waals surface area contributed by atoms with Gasteiger partial charge >= 0.3 is 0 Å². The van der Waals surface area contributed by atoms with Crippen molar-refractivity contribution < 1.29 is 0 Å². The monoisotopic (exact) mass is 250 g/mol. The Kier molecular flexibility index (Phi) is 3.98. The Labute approximate surface area is 108 Å². The van der Waals surface area contributed by atoms with Crippen LogP contribution >= 0.6 is 0 Å². The molecule has 0 radical (unpaired) electrons. The first-order chi connectivity index (χ1) is 8.61. The Balaban J connectivity index is 2.09. The van der Waals surface area contributed by atoms with Gasteiger partial charge in [-0.3, -0.25) is 0 Å². The van der Waals surface area contributed by atoms with Crippen LogP contribution in [0.4, 0.5) is 11.6 Å². The zero-order valence-corrected chi connectivity index (χ0v) is 11.3. The van der Waals surface area contributed by atoms with Gasteiger partial charge in [-0.15, -0.1) is 0 Å². The van der Waals surface area contributed by atoms with E-state index in [1.54, 1.807) is 0 Å². The molecule has 0 aliphatic carbocycles. The van der Waals surface area contributed by atoms with E-state index < -0.39 is 0 Å². The smallest absolute Gasteiger partial charge is 0.148 e. The van der Waals surface area contributed by atoms with Crippen molar-refractivity contribution in [1.29, 1.82) is 0 Å². The number of hydrogen-bond acceptors (Lipinski definition) is 6. The lowest BCUT2D eigenvalue weighted by Crippen LogP contribution is -2.43. The van der Waals surface area contributed by atoms with Gasteiger partial charge in [0.25, 0.3) is 0 Å². The maximum Gasteiger partial charge on any atom is 0.148 e. The van der Waals surface area contributed by atoms with Crippen molar-refractivity contribution in [3.05, 3.63) is 11.9 Å². The molecule has 2 atom stereocenters. The molecule has 0 saturated carbocycles. The van der Waals surface area contributed by atoms with Gasteiger partial charge in [0.2, 0.25) is 0 Å². The average Bonchev–Trinajstić information content (AvgIpc) is 2.35.